The molecule has 0 saturated carbocycles. The van der Waals surface area contributed by atoms with Crippen LogP contribution in [0.5, 0.6) is 5.75 Å². The van der Waals surface area contributed by atoms with E-state index in [-0.39, 0.29) is 16.6 Å². The Kier molecular flexibility index (Phi) is 7.28. The maximum Gasteiger partial charge on any atom is 0.251 e. The van der Waals surface area contributed by atoms with Crippen LogP contribution in [0.4, 0.5) is 5.82 Å². The van der Waals surface area contributed by atoms with Gasteiger partial charge in [-0.05, 0) is 55.1 Å². The molecule has 2 N–H and O–H groups in total. The molecular weight excluding hydrogens is 524 g/mol. The zero-order chi connectivity index (χ0) is 26.1. The first-order chi connectivity index (χ1) is 17.0. The first-order valence-electron chi connectivity index (χ1n) is 10.8. The molecule has 2 aromatic heterocycles. The smallest absolute Gasteiger partial charge is 0.251 e. The molecule has 12 heteroatoms. The van der Waals surface area contributed by atoms with E-state index in [0.717, 1.165) is 22.5 Å². The Morgan fingerprint density at radius 3 is 2.58 bits per heavy atom. The van der Waals surface area contributed by atoms with Crippen LogP contribution in [0.25, 0.3) is 15.6 Å². The van der Waals surface area contributed by atoms with Gasteiger partial charge >= 0.3 is 0 Å². The number of halogens is 1. The molecule has 0 atom stereocenters. The second-order valence-electron chi connectivity index (χ2n) is 8.52. The van der Waals surface area contributed by atoms with E-state index in [2.05, 4.69) is 15.1 Å². The van der Waals surface area contributed by atoms with Crippen LogP contribution in [0, 0.1) is 0 Å². The van der Waals surface area contributed by atoms with Crippen molar-refractivity contribution in [3.05, 3.63) is 74.8 Å². The minimum absolute atomic E-state index is 0.0144. The Hall–Kier alpha value is -3.12. The van der Waals surface area contributed by atoms with Crippen LogP contribution in [0.1, 0.15) is 25.0 Å². The van der Waals surface area contributed by atoms with Crippen molar-refractivity contribution in [2.75, 3.05) is 7.11 Å². The van der Waals surface area contributed by atoms with Crippen molar-refractivity contribution in [3.8, 4) is 5.75 Å². The normalized spacial score (nSPS) is 12.0. The van der Waals surface area contributed by atoms with Crippen molar-refractivity contribution in [2.45, 2.75) is 36.7 Å². The van der Waals surface area contributed by atoms with Crippen molar-refractivity contribution in [2.24, 2.45) is 0 Å². The highest BCUT2D eigenvalue weighted by Crippen LogP contribution is 2.40. The second kappa shape index (κ2) is 10.1. The molecule has 9 nitrogen and oxygen atoms in total. The zero-order valence-corrected chi connectivity index (χ0v) is 22.1. The molecule has 0 aliphatic rings. The molecule has 190 valence electrons. The molecule has 2 heterocycles. The Balaban J connectivity index is 1.65. The molecule has 0 spiro atoms. The van der Waals surface area contributed by atoms with E-state index in [1.807, 2.05) is 30.3 Å². The van der Waals surface area contributed by atoms with E-state index < -0.39 is 21.5 Å². The Bertz CT molecular complexity index is 1520. The van der Waals surface area contributed by atoms with Crippen molar-refractivity contribution in [3.63, 3.8) is 0 Å². The highest BCUT2D eigenvalue weighted by atomic mass is 35.5. The molecule has 0 aliphatic heterocycles. The van der Waals surface area contributed by atoms with Gasteiger partial charge < -0.3 is 29.7 Å². The van der Waals surface area contributed by atoms with Crippen molar-refractivity contribution in [1.29, 1.82) is 0 Å². The third-order valence-corrected chi connectivity index (χ3v) is 8.25. The molecule has 0 radical (unpaired) electrons. The number of aromatic nitrogens is 2. The predicted octanol–water partition coefficient (Wildman–Crippen LogP) is 4.59. The average molecular weight is 548 g/mol. The van der Waals surface area contributed by atoms with Crippen LogP contribution >= 0.6 is 22.9 Å². The van der Waals surface area contributed by atoms with E-state index >= 15 is 0 Å². The molecule has 4 aromatic rings. The maximum atomic E-state index is 12.9. The molecular formula is C24H24ClN4O5S2-. The SMILES string of the molecule is COc1cccc2c1c([N-]S(=O)(=O)c1ccc(Cl)s1)nn2Cc1cccc(CNC(=O)C(C)(C)O)c1. The summed E-state index contributed by atoms with van der Waals surface area (Å²) >= 11 is 6.84. The number of benzene rings is 2. The van der Waals surface area contributed by atoms with Crippen molar-refractivity contribution < 1.29 is 23.1 Å². The lowest BCUT2D eigenvalue weighted by atomic mass is 10.1. The van der Waals surface area contributed by atoms with E-state index in [1.165, 1.54) is 33.1 Å². The van der Waals surface area contributed by atoms with Gasteiger partial charge in [0, 0.05) is 18.5 Å². The topological polar surface area (TPSA) is 125 Å². The minimum Gasteiger partial charge on any atom is -0.496 e. The van der Waals surface area contributed by atoms with Crippen LogP contribution in [-0.4, -0.2) is 41.9 Å². The molecule has 0 aliphatic carbocycles. The van der Waals surface area contributed by atoms with E-state index in [1.54, 1.807) is 16.8 Å². The summed E-state index contributed by atoms with van der Waals surface area (Å²) < 4.78 is 37.3. The van der Waals surface area contributed by atoms with Gasteiger partial charge in [-0.25, -0.2) is 8.42 Å². The number of hydrogen-bond donors (Lipinski definition) is 2. The first kappa shape index (κ1) is 26.0. The summed E-state index contributed by atoms with van der Waals surface area (Å²) in [6, 6.07) is 15.7. The monoisotopic (exact) mass is 547 g/mol. The lowest BCUT2D eigenvalue weighted by molar-refractivity contribution is -0.136. The molecule has 2 aromatic carbocycles. The number of ether oxygens (including phenoxy) is 1. The number of hydrogen-bond acceptors (Lipinski definition) is 7. The number of amides is 1. The Labute approximate surface area is 217 Å². The predicted molar refractivity (Wildman–Crippen MR) is 140 cm³/mol. The van der Waals surface area contributed by atoms with Gasteiger partial charge in [0.05, 0.1) is 17.0 Å². The number of nitrogens with zero attached hydrogens (tertiary/aromatic N) is 3. The van der Waals surface area contributed by atoms with Gasteiger partial charge in [-0.15, -0.1) is 11.3 Å². The van der Waals surface area contributed by atoms with Gasteiger partial charge in [0.25, 0.3) is 5.91 Å². The summed E-state index contributed by atoms with van der Waals surface area (Å²) in [7, 11) is -2.54. The highest BCUT2D eigenvalue weighted by molar-refractivity contribution is 7.96. The molecule has 4 rings (SSSR count). The van der Waals surface area contributed by atoms with Crippen molar-refractivity contribution >= 4 is 55.6 Å². The highest BCUT2D eigenvalue weighted by Gasteiger charge is 2.23. The molecule has 0 unspecified atom stereocenters. The Morgan fingerprint density at radius 1 is 1.19 bits per heavy atom. The summed E-state index contributed by atoms with van der Waals surface area (Å²) in [5.74, 6) is -0.0156. The molecule has 0 fully saturated rings. The van der Waals surface area contributed by atoms with Crippen LogP contribution in [0.2, 0.25) is 4.34 Å². The molecule has 0 saturated heterocycles. The van der Waals surface area contributed by atoms with Crippen molar-refractivity contribution in [1.82, 2.24) is 15.1 Å². The van der Waals surface area contributed by atoms with Gasteiger partial charge in [-0.1, -0.05) is 41.9 Å². The van der Waals surface area contributed by atoms with Crippen LogP contribution < -0.4 is 10.1 Å². The minimum atomic E-state index is -4.04. The van der Waals surface area contributed by atoms with Gasteiger partial charge in [-0.2, -0.15) is 0 Å². The number of carbonyl (C=O) groups excluding carboxylic acids is 1. The second-order valence-corrected chi connectivity index (χ2v) is 12.1. The van der Waals surface area contributed by atoms with Gasteiger partial charge in [0.1, 0.15) is 15.6 Å². The van der Waals surface area contributed by atoms with Crippen LogP contribution in [-0.2, 0) is 27.9 Å². The van der Waals surface area contributed by atoms with E-state index in [0.29, 0.717) is 27.5 Å². The zero-order valence-electron chi connectivity index (χ0n) is 19.7. The van der Waals surface area contributed by atoms with E-state index in [4.69, 9.17) is 16.3 Å². The molecule has 36 heavy (non-hydrogen) atoms. The fourth-order valence-electron chi connectivity index (χ4n) is 3.54. The number of aliphatic hydroxyl groups is 1. The third-order valence-electron chi connectivity index (χ3n) is 5.28. The summed E-state index contributed by atoms with van der Waals surface area (Å²) in [5, 5.41) is 17.5. The van der Waals surface area contributed by atoms with Crippen LogP contribution in [0.3, 0.4) is 0 Å². The third kappa shape index (κ3) is 5.65. The van der Waals surface area contributed by atoms with E-state index in [9.17, 15) is 18.3 Å². The lowest BCUT2D eigenvalue weighted by Gasteiger charge is -2.17. The summed E-state index contributed by atoms with van der Waals surface area (Å²) in [6.07, 6.45) is 0. The molecule has 1 amide bonds. The first-order valence-corrected chi connectivity index (χ1v) is 13.5. The number of carbonyl (C=O) groups is 1. The summed E-state index contributed by atoms with van der Waals surface area (Å²) in [5.41, 5.74) is 0.880. The van der Waals surface area contributed by atoms with Gasteiger partial charge in [0.2, 0.25) is 10.0 Å². The largest absolute Gasteiger partial charge is 0.496 e. The Morgan fingerprint density at radius 2 is 1.92 bits per heavy atom. The summed E-state index contributed by atoms with van der Waals surface area (Å²) in [6.45, 7) is 3.40. The van der Waals surface area contributed by atoms with Gasteiger partial charge in [0.15, 0.2) is 0 Å². The fourth-order valence-corrected chi connectivity index (χ4v) is 5.94. The fraction of sp³-hybridized carbons (Fsp3) is 0.250. The standard InChI is InChI=1S/C24H25ClN4O5S2/c1-24(2,31)23(30)26-13-15-6-4-7-16(12-15)14-29-17-8-5-9-18(34-3)21(17)22(27-29)28-36(32,33)20-11-10-19(25)35-20/h4-12,31H,13-14H2,1-3H3,(H2,26,27,28,30)/p-1. The summed E-state index contributed by atoms with van der Waals surface area (Å²) in [4.78, 5) is 12.0. The number of methoxy groups -OCH3 is 1. The van der Waals surface area contributed by atoms with Crippen LogP contribution in [0.15, 0.2) is 58.8 Å². The number of fused-ring (bicyclic) bond motifs is 1. The maximum absolute atomic E-state index is 12.9. The van der Waals surface area contributed by atoms with Gasteiger partial charge in [-0.3, -0.25) is 4.79 Å². The molecule has 0 bridgehead atoms. The average Bonchev–Trinajstić information content (AvgIpc) is 3.41. The number of thiophene rings is 1. The quantitative estimate of drug-likeness (QED) is 0.316. The number of sulfonamides is 1. The number of nitrogens with one attached hydrogen (secondary N) is 1. The lowest BCUT2D eigenvalue weighted by Crippen LogP contribution is -2.41. The number of rotatable bonds is 9.